The molecule has 232 valence electrons. The number of anilines is 4. The number of phenolic OH excluding ortho intramolecular Hbond substituents is 1. The summed E-state index contributed by atoms with van der Waals surface area (Å²) in [5.41, 5.74) is -0.718. The maximum atomic E-state index is 13.5. The minimum Gasteiger partial charge on any atom is -0.744 e. The Morgan fingerprint density at radius 2 is 1.38 bits per heavy atom. The molecule has 0 radical (unpaired) electrons. The molecule has 0 fully saturated rings. The van der Waals surface area contributed by atoms with Crippen molar-refractivity contribution in [2.24, 2.45) is 10.2 Å². The first-order chi connectivity index (χ1) is 21.4. The molecule has 0 aliphatic rings. The fraction of sp³-hybridized carbons (Fsp3) is 0. The first-order valence-electron chi connectivity index (χ1n) is 11.8. The number of phenols is 1. The molecule has 23 heteroatoms. The summed E-state index contributed by atoms with van der Waals surface area (Å²) in [4.78, 5) is 11.6. The van der Waals surface area contributed by atoms with E-state index in [0.29, 0.717) is 0 Å². The van der Waals surface area contributed by atoms with E-state index in [9.17, 15) is 40.9 Å². The van der Waals surface area contributed by atoms with Gasteiger partial charge in [0.2, 0.25) is 11.9 Å². The van der Waals surface area contributed by atoms with Crippen LogP contribution in [0.4, 0.5) is 51.9 Å². The van der Waals surface area contributed by atoms with E-state index in [-0.39, 0.29) is 116 Å². The number of nitrogens with zero attached hydrogens (tertiary/aromatic N) is 6. The molecule has 3 N–H and O–H groups in total. The number of hydrogen-bond acceptors (Lipinski definition) is 16. The number of nitrogens with one attached hydrogen (secondary N) is 2. The van der Waals surface area contributed by atoms with Crippen LogP contribution in [0.3, 0.4) is 0 Å². The fourth-order valence-corrected chi connectivity index (χ4v) is 4.92. The first-order valence-corrected chi connectivity index (χ1v) is 13.9. The molecule has 0 aliphatic heterocycles. The van der Waals surface area contributed by atoms with Crippen LogP contribution in [-0.4, -0.2) is 38.0 Å². The average molecular weight is 711 g/mol. The van der Waals surface area contributed by atoms with Crippen molar-refractivity contribution >= 4 is 67.3 Å². The van der Waals surface area contributed by atoms with Gasteiger partial charge in [-0.2, -0.15) is 41.8 Å². The van der Waals surface area contributed by atoms with Gasteiger partial charge in [0.25, 0.3) is 0 Å². The third-order valence-electron chi connectivity index (χ3n) is 5.57. The monoisotopic (exact) mass is 710 g/mol. The molecule has 3 aromatic carbocycles. The third-order valence-corrected chi connectivity index (χ3v) is 7.07. The zero-order valence-electron chi connectivity index (χ0n) is 23.6. The zero-order valence-corrected chi connectivity index (χ0v) is 29.2. The Bertz CT molecular complexity index is 2050. The van der Waals surface area contributed by atoms with Gasteiger partial charge < -0.3 is 25.6 Å². The smallest absolute Gasteiger partial charge is 0.744 e. The topological polar surface area (TPSA) is 219 Å². The van der Waals surface area contributed by atoms with E-state index in [0.717, 1.165) is 30.3 Å². The Labute approximate surface area is 309 Å². The van der Waals surface area contributed by atoms with Crippen molar-refractivity contribution in [3.05, 3.63) is 78.6 Å². The van der Waals surface area contributed by atoms with Crippen LogP contribution < -0.4 is 75.0 Å². The van der Waals surface area contributed by atoms with Crippen molar-refractivity contribution in [3.8, 4) is 5.75 Å². The quantitative estimate of drug-likeness (QED) is 0.0177. The standard InChI is InChI=1S/C24H14F4N8O7S2.2Na/c25-17-8-19(33-23(27)31-17)29-11-1-3-13-10(5-11)6-15(44-43-42-38)21(22(13)37)36-35-14-7-12(2-4-16(14)45(39,40)41)30-20-9-18(26)32-24(28)34-20;;/h1-9,37-38H,(H,29,31,33)(H,30,32,34)(H,39,40,41);;/q;2*+1/p-2. The van der Waals surface area contributed by atoms with E-state index < -0.39 is 50.5 Å². The SMILES string of the molecule is O=S(=O)([O-])c1ccc(Nc2cc(F)nc(F)n2)cc1N=Nc1c(SOO[O-])cc2cc(Nc3cc(F)nc(F)n3)ccc2c1O.[Na+].[Na+]. The second-order valence-electron chi connectivity index (χ2n) is 8.50. The van der Waals surface area contributed by atoms with Crippen molar-refractivity contribution in [1.82, 2.24) is 19.9 Å². The summed E-state index contributed by atoms with van der Waals surface area (Å²) >= 11 is 0.276. The van der Waals surface area contributed by atoms with Crippen LogP contribution in [-0.2, 0) is 19.5 Å². The molecule has 0 saturated carbocycles. The van der Waals surface area contributed by atoms with Crippen LogP contribution in [0.5, 0.6) is 5.75 Å². The van der Waals surface area contributed by atoms with Crippen molar-refractivity contribution in [2.75, 3.05) is 10.6 Å². The van der Waals surface area contributed by atoms with Gasteiger partial charge in [-0.25, -0.2) is 8.42 Å². The maximum Gasteiger partial charge on any atom is 1.00 e. The summed E-state index contributed by atoms with van der Waals surface area (Å²) in [6.45, 7) is 0. The Balaban J connectivity index is 0.00000300. The summed E-state index contributed by atoms with van der Waals surface area (Å²) in [6.07, 6.45) is -2.71. The predicted molar refractivity (Wildman–Crippen MR) is 143 cm³/mol. The van der Waals surface area contributed by atoms with E-state index in [1.165, 1.54) is 24.3 Å². The molecule has 0 bridgehead atoms. The van der Waals surface area contributed by atoms with Gasteiger partial charge in [0.05, 0.1) is 21.8 Å². The van der Waals surface area contributed by atoms with Crippen molar-refractivity contribution in [1.29, 1.82) is 0 Å². The molecule has 5 rings (SSSR count). The Kier molecular flexibility index (Phi) is 13.4. The number of aromatic hydroxyl groups is 1. The van der Waals surface area contributed by atoms with E-state index in [1.54, 1.807) is 0 Å². The molecule has 0 saturated heterocycles. The van der Waals surface area contributed by atoms with E-state index >= 15 is 0 Å². The minimum absolute atomic E-state index is 0. The zero-order chi connectivity index (χ0) is 32.3. The van der Waals surface area contributed by atoms with Crippen LogP contribution in [0.2, 0.25) is 0 Å². The minimum atomic E-state index is -5.14. The van der Waals surface area contributed by atoms with Crippen molar-refractivity contribution < 1.29 is 109 Å². The maximum absolute atomic E-state index is 13.5. The van der Waals surface area contributed by atoms with Gasteiger partial charge in [-0.3, -0.25) is 5.04 Å². The van der Waals surface area contributed by atoms with Crippen LogP contribution in [0.25, 0.3) is 10.8 Å². The molecular formula is C24H12F4N8Na2O7S2. The number of halogens is 4. The first kappa shape index (κ1) is 38.4. The number of benzene rings is 3. The van der Waals surface area contributed by atoms with E-state index in [1.807, 2.05) is 0 Å². The molecule has 0 spiro atoms. The molecular weight excluding hydrogens is 698 g/mol. The van der Waals surface area contributed by atoms with Gasteiger partial charge in [0.15, 0.2) is 5.75 Å². The molecule has 2 heterocycles. The Morgan fingerprint density at radius 3 is 1.94 bits per heavy atom. The van der Waals surface area contributed by atoms with Gasteiger partial charge in [-0.15, -0.1) is 10.2 Å². The number of azo groups is 1. The van der Waals surface area contributed by atoms with Gasteiger partial charge >= 0.3 is 71.3 Å². The molecule has 47 heavy (non-hydrogen) atoms. The normalized spacial score (nSPS) is 11.3. The summed E-state index contributed by atoms with van der Waals surface area (Å²) in [5.74, 6) is -3.47. The molecule has 0 aliphatic carbocycles. The number of hydrogen-bond donors (Lipinski definition) is 3. The largest absolute Gasteiger partial charge is 1.00 e. The number of rotatable bonds is 10. The van der Waals surface area contributed by atoms with Crippen LogP contribution in [0, 0.1) is 24.1 Å². The number of aromatic nitrogens is 4. The van der Waals surface area contributed by atoms with Gasteiger partial charge in [-0.05, 0) is 47.9 Å². The molecule has 5 aromatic rings. The van der Waals surface area contributed by atoms with Gasteiger partial charge in [0, 0.05) is 28.9 Å². The van der Waals surface area contributed by atoms with E-state index in [4.69, 9.17) is 0 Å². The second-order valence-corrected chi connectivity index (χ2v) is 10.6. The van der Waals surface area contributed by atoms with E-state index in [2.05, 4.69) is 50.2 Å². The Hall–Kier alpha value is -3.06. The predicted octanol–water partition coefficient (Wildman–Crippen LogP) is -1.27. The molecule has 0 amide bonds. The molecule has 2 aromatic heterocycles. The molecule has 15 nitrogen and oxygen atoms in total. The Morgan fingerprint density at radius 1 is 0.809 bits per heavy atom. The molecule has 0 atom stereocenters. The second kappa shape index (κ2) is 16.4. The average Bonchev–Trinajstić information content (AvgIpc) is 2.94. The molecule has 0 unspecified atom stereocenters. The number of fused-ring (bicyclic) bond motifs is 1. The summed E-state index contributed by atoms with van der Waals surface area (Å²) in [5, 5.41) is 38.1. The van der Waals surface area contributed by atoms with Crippen molar-refractivity contribution in [3.63, 3.8) is 0 Å². The third kappa shape index (κ3) is 9.74. The fourth-order valence-electron chi connectivity index (χ4n) is 3.83. The summed E-state index contributed by atoms with van der Waals surface area (Å²) in [6, 6.07) is 10.0. The van der Waals surface area contributed by atoms with Crippen LogP contribution in [0.1, 0.15) is 0 Å². The van der Waals surface area contributed by atoms with Crippen LogP contribution in [0.15, 0.2) is 74.6 Å². The van der Waals surface area contributed by atoms with Crippen LogP contribution >= 0.6 is 12.0 Å². The summed E-state index contributed by atoms with van der Waals surface area (Å²) in [7, 11) is -5.14. The van der Waals surface area contributed by atoms with Crippen molar-refractivity contribution in [2.45, 2.75) is 9.79 Å². The summed E-state index contributed by atoms with van der Waals surface area (Å²) < 4.78 is 93.8. The van der Waals surface area contributed by atoms with Gasteiger partial charge in [0.1, 0.15) is 33.1 Å². The van der Waals surface area contributed by atoms with Gasteiger partial charge in [-0.1, -0.05) is 0 Å².